The Bertz CT molecular complexity index is 546. The Morgan fingerprint density at radius 2 is 2.38 bits per heavy atom. The van der Waals surface area contributed by atoms with E-state index in [-0.39, 0.29) is 5.02 Å². The Hall–Kier alpha value is -1.86. The summed E-state index contributed by atoms with van der Waals surface area (Å²) in [5, 5.41) is 11.5. The molecule has 2 heterocycles. The summed E-state index contributed by atoms with van der Waals surface area (Å²) < 4.78 is 1.11. The van der Waals surface area contributed by atoms with E-state index in [1.807, 2.05) is 0 Å². The number of nitrogens with two attached hydrogens (primary N) is 1. The Morgan fingerprint density at radius 1 is 1.62 bits per heavy atom. The van der Waals surface area contributed by atoms with Gasteiger partial charge >= 0.3 is 0 Å². The minimum Gasteiger partial charge on any atom is -0.311 e. The van der Waals surface area contributed by atoms with Crippen molar-refractivity contribution in [3.05, 3.63) is 33.8 Å². The maximum Gasteiger partial charge on any atom is 0.293 e. The quantitative estimate of drug-likeness (QED) is 0.566. The molecule has 16 heavy (non-hydrogen) atoms. The van der Waals surface area contributed by atoms with E-state index in [4.69, 9.17) is 17.4 Å². The third-order valence-electron chi connectivity index (χ3n) is 1.99. The van der Waals surface area contributed by atoms with Gasteiger partial charge in [-0.25, -0.2) is 5.84 Å². The number of H-pyrrole nitrogens is 1. The predicted molar refractivity (Wildman–Crippen MR) is 59.6 cm³/mol. The van der Waals surface area contributed by atoms with E-state index in [9.17, 15) is 4.79 Å². The SMILES string of the molecule is CN(N)c1cnn(-c2ccn[nH]2)c(=O)c1Cl. The molecule has 0 aliphatic heterocycles. The van der Waals surface area contributed by atoms with Crippen LogP contribution in [0, 0.1) is 0 Å². The van der Waals surface area contributed by atoms with Crippen LogP contribution in [0.1, 0.15) is 0 Å². The summed E-state index contributed by atoms with van der Waals surface area (Å²) in [7, 11) is 1.57. The Kier molecular flexibility index (Phi) is 2.63. The highest BCUT2D eigenvalue weighted by Gasteiger charge is 2.12. The molecule has 0 saturated heterocycles. The highest BCUT2D eigenvalue weighted by atomic mass is 35.5. The van der Waals surface area contributed by atoms with E-state index in [1.165, 1.54) is 17.4 Å². The summed E-state index contributed by atoms with van der Waals surface area (Å²) in [5.41, 5.74) is -0.0943. The van der Waals surface area contributed by atoms with Crippen LogP contribution >= 0.6 is 11.6 Å². The Balaban J connectivity index is 2.61. The molecule has 0 bridgehead atoms. The van der Waals surface area contributed by atoms with Crippen LogP contribution in [0.2, 0.25) is 5.02 Å². The highest BCUT2D eigenvalue weighted by Crippen LogP contribution is 2.17. The van der Waals surface area contributed by atoms with E-state index >= 15 is 0 Å². The molecule has 2 aromatic heterocycles. The van der Waals surface area contributed by atoms with Crippen LogP contribution in [-0.2, 0) is 0 Å². The van der Waals surface area contributed by atoms with E-state index in [0.717, 1.165) is 4.68 Å². The number of nitrogens with zero attached hydrogens (tertiary/aromatic N) is 4. The largest absolute Gasteiger partial charge is 0.311 e. The zero-order chi connectivity index (χ0) is 11.7. The van der Waals surface area contributed by atoms with Gasteiger partial charge in [-0.3, -0.25) is 9.89 Å². The monoisotopic (exact) mass is 240 g/mol. The molecule has 7 nitrogen and oxygen atoms in total. The Morgan fingerprint density at radius 3 is 2.94 bits per heavy atom. The van der Waals surface area contributed by atoms with Gasteiger partial charge in [-0.2, -0.15) is 14.9 Å². The van der Waals surface area contributed by atoms with Gasteiger partial charge in [0.2, 0.25) is 0 Å². The number of hydrogen-bond donors (Lipinski definition) is 2. The summed E-state index contributed by atoms with van der Waals surface area (Å²) in [5.74, 6) is 5.94. The van der Waals surface area contributed by atoms with Crippen molar-refractivity contribution in [3.8, 4) is 5.82 Å². The lowest BCUT2D eigenvalue weighted by molar-refractivity contribution is 0.770. The van der Waals surface area contributed by atoms with E-state index in [0.29, 0.717) is 11.5 Å². The average Bonchev–Trinajstić information content (AvgIpc) is 2.74. The lowest BCUT2D eigenvalue weighted by Crippen LogP contribution is -2.30. The zero-order valence-corrected chi connectivity index (χ0v) is 9.14. The van der Waals surface area contributed by atoms with Crippen molar-refractivity contribution in [1.82, 2.24) is 20.0 Å². The van der Waals surface area contributed by atoms with Crippen molar-refractivity contribution in [2.24, 2.45) is 5.84 Å². The molecule has 2 aromatic rings. The highest BCUT2D eigenvalue weighted by molar-refractivity contribution is 6.32. The van der Waals surface area contributed by atoms with Crippen LogP contribution in [0.15, 0.2) is 23.3 Å². The molecular formula is C8H9ClN6O. The molecule has 0 fully saturated rings. The fraction of sp³-hybridized carbons (Fsp3) is 0.125. The van der Waals surface area contributed by atoms with E-state index < -0.39 is 5.56 Å². The van der Waals surface area contributed by atoms with Gasteiger partial charge in [-0.15, -0.1) is 0 Å². The van der Waals surface area contributed by atoms with E-state index in [1.54, 1.807) is 13.1 Å². The topological polar surface area (TPSA) is 92.8 Å². The number of hydrogen-bond acceptors (Lipinski definition) is 5. The molecule has 0 aromatic carbocycles. The molecule has 0 amide bonds. The number of halogens is 1. The number of nitrogens with one attached hydrogen (secondary N) is 1. The summed E-state index contributed by atoms with van der Waals surface area (Å²) in [6.45, 7) is 0. The number of hydrazine groups is 1. The van der Waals surface area contributed by atoms with Crippen molar-refractivity contribution in [3.63, 3.8) is 0 Å². The molecule has 3 N–H and O–H groups in total. The van der Waals surface area contributed by atoms with E-state index in [2.05, 4.69) is 15.3 Å². The van der Waals surface area contributed by atoms with Crippen molar-refractivity contribution in [2.45, 2.75) is 0 Å². The van der Waals surface area contributed by atoms with Crippen molar-refractivity contribution in [2.75, 3.05) is 12.1 Å². The first-order valence-electron chi connectivity index (χ1n) is 4.37. The normalized spacial score (nSPS) is 10.4. The van der Waals surface area contributed by atoms with Gasteiger partial charge in [0.15, 0.2) is 5.82 Å². The second kappa shape index (κ2) is 3.95. The van der Waals surface area contributed by atoms with Crippen LogP contribution < -0.4 is 16.4 Å². The minimum atomic E-state index is -0.458. The molecule has 0 radical (unpaired) electrons. The molecule has 84 valence electrons. The summed E-state index contributed by atoms with van der Waals surface area (Å²) in [4.78, 5) is 11.8. The molecule has 0 atom stereocenters. The lowest BCUT2D eigenvalue weighted by Gasteiger charge is -2.13. The first-order chi connectivity index (χ1) is 7.61. The number of rotatable bonds is 2. The van der Waals surface area contributed by atoms with Gasteiger partial charge in [0.05, 0.1) is 18.1 Å². The second-order valence-corrected chi connectivity index (χ2v) is 3.49. The Labute approximate surface area is 95.4 Å². The van der Waals surface area contributed by atoms with Gasteiger partial charge in [0, 0.05) is 13.1 Å². The number of aromatic amines is 1. The maximum atomic E-state index is 11.8. The van der Waals surface area contributed by atoms with Crippen LogP contribution in [0.4, 0.5) is 5.69 Å². The molecule has 0 aliphatic rings. The molecule has 2 rings (SSSR count). The van der Waals surface area contributed by atoms with Gasteiger partial charge in [0.1, 0.15) is 5.02 Å². The van der Waals surface area contributed by atoms with Gasteiger partial charge in [-0.05, 0) is 0 Å². The van der Waals surface area contributed by atoms with Crippen molar-refractivity contribution >= 4 is 17.3 Å². The standard InChI is InChI=1S/C8H9ClN6O/c1-14(10)5-4-12-15(8(16)7(5)9)6-2-3-11-13-6/h2-4H,10H2,1H3,(H,11,13). The molecule has 0 saturated carbocycles. The maximum absolute atomic E-state index is 11.8. The first-order valence-corrected chi connectivity index (χ1v) is 4.75. The van der Waals surface area contributed by atoms with Crippen LogP contribution in [0.5, 0.6) is 0 Å². The molecule has 0 spiro atoms. The summed E-state index contributed by atoms with van der Waals surface area (Å²) in [6, 6.07) is 1.61. The number of anilines is 1. The van der Waals surface area contributed by atoms with Crippen molar-refractivity contribution in [1.29, 1.82) is 0 Å². The van der Waals surface area contributed by atoms with Gasteiger partial charge in [0.25, 0.3) is 5.56 Å². The lowest BCUT2D eigenvalue weighted by atomic mass is 10.4. The zero-order valence-electron chi connectivity index (χ0n) is 8.38. The van der Waals surface area contributed by atoms with Crippen LogP contribution in [0.25, 0.3) is 5.82 Å². The van der Waals surface area contributed by atoms with Gasteiger partial charge < -0.3 is 5.01 Å². The van der Waals surface area contributed by atoms with Crippen LogP contribution in [-0.4, -0.2) is 27.0 Å². The third-order valence-corrected chi connectivity index (χ3v) is 2.35. The smallest absolute Gasteiger partial charge is 0.293 e. The fourth-order valence-electron chi connectivity index (χ4n) is 1.21. The third kappa shape index (κ3) is 1.66. The van der Waals surface area contributed by atoms with Gasteiger partial charge in [-0.1, -0.05) is 11.6 Å². The van der Waals surface area contributed by atoms with Crippen LogP contribution in [0.3, 0.4) is 0 Å². The average molecular weight is 241 g/mol. The van der Waals surface area contributed by atoms with Crippen molar-refractivity contribution < 1.29 is 0 Å². The molecular weight excluding hydrogens is 232 g/mol. The fourth-order valence-corrected chi connectivity index (χ4v) is 1.47. The summed E-state index contributed by atoms with van der Waals surface area (Å²) in [6.07, 6.45) is 2.92. The minimum absolute atomic E-state index is 0.00889. The molecule has 0 aliphatic carbocycles. The summed E-state index contributed by atoms with van der Waals surface area (Å²) >= 11 is 5.88. The first kappa shape index (κ1) is 10.7. The predicted octanol–water partition coefficient (Wildman–Crippen LogP) is -0.0811. The number of aromatic nitrogens is 4. The molecule has 8 heteroatoms. The second-order valence-electron chi connectivity index (χ2n) is 3.11. The molecule has 0 unspecified atom stereocenters.